The molecular formula is C17H26N2O. The summed E-state index contributed by atoms with van der Waals surface area (Å²) in [5, 5.41) is 12.1. The highest BCUT2D eigenvalue weighted by molar-refractivity contribution is 5.41. The molecule has 1 aromatic carbocycles. The first-order valence-electron chi connectivity index (χ1n) is 7.22. The van der Waals surface area contributed by atoms with Gasteiger partial charge in [0.25, 0.3) is 0 Å². The Balaban J connectivity index is 2.41. The molecule has 1 N–H and O–H groups in total. The highest BCUT2D eigenvalue weighted by Gasteiger charge is 2.19. The highest BCUT2D eigenvalue weighted by Crippen LogP contribution is 2.23. The number of rotatable bonds is 7. The number of nitrogens with zero attached hydrogens (tertiary/aromatic N) is 1. The first kappa shape index (κ1) is 16.5. The van der Waals surface area contributed by atoms with Crippen LogP contribution in [-0.2, 0) is 0 Å². The molecular weight excluding hydrogens is 248 g/mol. The third-order valence-corrected chi connectivity index (χ3v) is 3.89. The minimum absolute atomic E-state index is 0.421. The third-order valence-electron chi connectivity index (χ3n) is 3.89. The maximum absolute atomic E-state index is 9.07. The van der Waals surface area contributed by atoms with E-state index in [4.69, 9.17) is 10.00 Å². The fourth-order valence-electron chi connectivity index (χ4n) is 2.15. The topological polar surface area (TPSA) is 45.0 Å². The van der Waals surface area contributed by atoms with Crippen molar-refractivity contribution in [2.45, 2.75) is 52.5 Å². The van der Waals surface area contributed by atoms with Gasteiger partial charge in [-0.2, -0.15) is 5.26 Å². The molecule has 110 valence electrons. The molecule has 0 saturated heterocycles. The van der Waals surface area contributed by atoms with Gasteiger partial charge in [0, 0.05) is 0 Å². The molecule has 0 heterocycles. The van der Waals surface area contributed by atoms with Gasteiger partial charge in [0.2, 0.25) is 0 Å². The van der Waals surface area contributed by atoms with Crippen molar-refractivity contribution in [1.29, 1.82) is 5.26 Å². The fraction of sp³-hybridized carbons (Fsp3) is 0.588. The van der Waals surface area contributed by atoms with Crippen LogP contribution in [0.2, 0.25) is 0 Å². The number of benzene rings is 1. The summed E-state index contributed by atoms with van der Waals surface area (Å²) >= 11 is 0. The summed E-state index contributed by atoms with van der Waals surface area (Å²) in [7, 11) is 1.83. The molecule has 0 radical (unpaired) electrons. The number of unbranched alkanes of at least 4 members (excludes halogenated alkanes) is 1. The average molecular weight is 274 g/mol. The van der Waals surface area contributed by atoms with Crippen LogP contribution in [0.5, 0.6) is 5.75 Å². The van der Waals surface area contributed by atoms with E-state index in [0.717, 1.165) is 25.0 Å². The Morgan fingerprint density at radius 3 is 2.55 bits per heavy atom. The minimum Gasteiger partial charge on any atom is -0.493 e. The summed E-state index contributed by atoms with van der Waals surface area (Å²) in [6.45, 7) is 8.93. The molecule has 3 nitrogen and oxygen atoms in total. The van der Waals surface area contributed by atoms with Crippen LogP contribution >= 0.6 is 0 Å². The van der Waals surface area contributed by atoms with Gasteiger partial charge in [0.1, 0.15) is 11.3 Å². The van der Waals surface area contributed by atoms with E-state index < -0.39 is 5.54 Å². The van der Waals surface area contributed by atoms with Gasteiger partial charge in [-0.15, -0.1) is 0 Å². The van der Waals surface area contributed by atoms with E-state index in [-0.39, 0.29) is 0 Å². The molecule has 0 bridgehead atoms. The predicted octanol–water partition coefficient (Wildman–Crippen LogP) is 3.66. The Morgan fingerprint density at radius 2 is 1.95 bits per heavy atom. The van der Waals surface area contributed by atoms with Gasteiger partial charge in [-0.3, -0.25) is 0 Å². The Morgan fingerprint density at radius 1 is 1.25 bits per heavy atom. The lowest BCUT2D eigenvalue weighted by Crippen LogP contribution is -2.37. The van der Waals surface area contributed by atoms with Crippen molar-refractivity contribution in [3.8, 4) is 11.8 Å². The number of hydrogen-bond donors (Lipinski definition) is 1. The summed E-state index contributed by atoms with van der Waals surface area (Å²) < 4.78 is 5.88. The van der Waals surface area contributed by atoms with Crippen LogP contribution in [0.15, 0.2) is 12.1 Å². The van der Waals surface area contributed by atoms with Crippen molar-refractivity contribution in [3.63, 3.8) is 0 Å². The molecule has 1 aromatic rings. The molecule has 1 unspecified atom stereocenters. The Kier molecular flexibility index (Phi) is 6.04. The van der Waals surface area contributed by atoms with Gasteiger partial charge in [-0.05, 0) is 76.8 Å². The van der Waals surface area contributed by atoms with E-state index in [1.165, 1.54) is 16.7 Å². The van der Waals surface area contributed by atoms with Gasteiger partial charge < -0.3 is 10.1 Å². The van der Waals surface area contributed by atoms with E-state index >= 15 is 0 Å². The SMILES string of the molecule is CNC(C)(C#N)CCCCOc1cc(C)cc(C)c1C. The second kappa shape index (κ2) is 7.31. The second-order valence-electron chi connectivity index (χ2n) is 5.70. The average Bonchev–Trinajstić information content (AvgIpc) is 2.43. The Hall–Kier alpha value is -1.53. The van der Waals surface area contributed by atoms with Gasteiger partial charge in [0.15, 0.2) is 0 Å². The van der Waals surface area contributed by atoms with Crippen molar-refractivity contribution >= 4 is 0 Å². The zero-order chi connectivity index (χ0) is 15.2. The standard InChI is InChI=1S/C17H26N2O/c1-13-10-14(2)15(3)16(11-13)20-9-7-6-8-17(4,12-18)19-5/h10-11,19H,6-9H2,1-5H3. The number of aryl methyl sites for hydroxylation is 2. The Labute approximate surface area is 123 Å². The molecule has 0 aliphatic heterocycles. The van der Waals surface area contributed by atoms with Crippen LogP contribution in [0.3, 0.4) is 0 Å². The summed E-state index contributed by atoms with van der Waals surface area (Å²) in [5.74, 6) is 0.985. The molecule has 0 spiro atoms. The van der Waals surface area contributed by atoms with Crippen molar-refractivity contribution in [1.82, 2.24) is 5.32 Å². The lowest BCUT2D eigenvalue weighted by atomic mass is 9.97. The monoisotopic (exact) mass is 274 g/mol. The fourth-order valence-corrected chi connectivity index (χ4v) is 2.15. The summed E-state index contributed by atoms with van der Waals surface area (Å²) in [6.07, 6.45) is 2.79. The molecule has 0 fully saturated rings. The molecule has 0 aliphatic rings. The smallest absolute Gasteiger partial charge is 0.122 e. The van der Waals surface area contributed by atoms with E-state index in [2.05, 4.69) is 44.3 Å². The van der Waals surface area contributed by atoms with Crippen molar-refractivity contribution in [3.05, 3.63) is 28.8 Å². The van der Waals surface area contributed by atoms with Crippen molar-refractivity contribution in [2.24, 2.45) is 0 Å². The molecule has 0 amide bonds. The summed E-state index contributed by atoms with van der Waals surface area (Å²) in [5.41, 5.74) is 3.30. The van der Waals surface area contributed by atoms with Crippen LogP contribution in [0.4, 0.5) is 0 Å². The molecule has 0 saturated carbocycles. The zero-order valence-corrected chi connectivity index (χ0v) is 13.3. The highest BCUT2D eigenvalue weighted by atomic mass is 16.5. The van der Waals surface area contributed by atoms with Gasteiger partial charge in [-0.1, -0.05) is 6.07 Å². The Bertz CT molecular complexity index is 490. The summed E-state index contributed by atoms with van der Waals surface area (Å²) in [6, 6.07) is 6.58. The first-order chi connectivity index (χ1) is 9.41. The summed E-state index contributed by atoms with van der Waals surface area (Å²) in [4.78, 5) is 0. The molecule has 1 atom stereocenters. The van der Waals surface area contributed by atoms with E-state index in [1.54, 1.807) is 0 Å². The number of hydrogen-bond acceptors (Lipinski definition) is 3. The maximum atomic E-state index is 9.07. The number of nitrogens with one attached hydrogen (secondary N) is 1. The molecule has 0 aliphatic carbocycles. The van der Waals surface area contributed by atoms with Crippen LogP contribution in [0, 0.1) is 32.1 Å². The molecule has 20 heavy (non-hydrogen) atoms. The van der Waals surface area contributed by atoms with Gasteiger partial charge in [-0.25, -0.2) is 0 Å². The first-order valence-corrected chi connectivity index (χ1v) is 7.22. The normalized spacial score (nSPS) is 13.6. The lowest BCUT2D eigenvalue weighted by molar-refractivity contribution is 0.295. The van der Waals surface area contributed by atoms with Crippen LogP contribution in [0.25, 0.3) is 0 Å². The van der Waals surface area contributed by atoms with E-state index in [1.807, 2.05) is 14.0 Å². The van der Waals surface area contributed by atoms with Crippen LogP contribution in [-0.4, -0.2) is 19.2 Å². The zero-order valence-electron chi connectivity index (χ0n) is 13.3. The van der Waals surface area contributed by atoms with E-state index in [9.17, 15) is 0 Å². The molecule has 3 heteroatoms. The second-order valence-corrected chi connectivity index (χ2v) is 5.70. The minimum atomic E-state index is -0.421. The maximum Gasteiger partial charge on any atom is 0.122 e. The third kappa shape index (κ3) is 4.54. The van der Waals surface area contributed by atoms with Gasteiger partial charge >= 0.3 is 0 Å². The largest absolute Gasteiger partial charge is 0.493 e. The quantitative estimate of drug-likeness (QED) is 0.772. The van der Waals surface area contributed by atoms with Crippen LogP contribution in [0.1, 0.15) is 42.9 Å². The number of nitriles is 1. The van der Waals surface area contributed by atoms with Gasteiger partial charge in [0.05, 0.1) is 12.7 Å². The molecule has 1 rings (SSSR count). The predicted molar refractivity (Wildman–Crippen MR) is 83.1 cm³/mol. The van der Waals surface area contributed by atoms with Crippen molar-refractivity contribution < 1.29 is 4.74 Å². The number of ether oxygens (including phenoxy) is 1. The lowest BCUT2D eigenvalue weighted by Gasteiger charge is -2.20. The van der Waals surface area contributed by atoms with E-state index in [0.29, 0.717) is 6.61 Å². The van der Waals surface area contributed by atoms with Crippen molar-refractivity contribution in [2.75, 3.05) is 13.7 Å². The van der Waals surface area contributed by atoms with Crippen LogP contribution < -0.4 is 10.1 Å². The molecule has 0 aromatic heterocycles.